The molecule has 0 fully saturated rings. The zero-order valence-electron chi connectivity index (χ0n) is 10.4. The second kappa shape index (κ2) is 6.51. The Kier molecular flexibility index (Phi) is 4.95. The van der Waals surface area contributed by atoms with Crippen LogP contribution in [0, 0.1) is 0 Å². The Balaban J connectivity index is 2.25. The van der Waals surface area contributed by atoms with E-state index in [1.165, 1.54) is 0 Å². The summed E-state index contributed by atoms with van der Waals surface area (Å²) >= 11 is 11.7. The van der Waals surface area contributed by atoms with Gasteiger partial charge in [-0.15, -0.1) is 0 Å². The zero-order valence-corrected chi connectivity index (χ0v) is 14.4. The van der Waals surface area contributed by atoms with Gasteiger partial charge < -0.3 is 15.2 Å². The molecule has 0 radical (unpaired) electrons. The summed E-state index contributed by atoms with van der Waals surface area (Å²) in [6.45, 7) is 0. The SMILES string of the molecule is COc1cc(Br)c(Oc2ccc(C(N)=S)cn2)cc1Br. The summed E-state index contributed by atoms with van der Waals surface area (Å²) in [6.07, 6.45) is 1.57. The smallest absolute Gasteiger partial charge is 0.219 e. The number of thiocarbonyl (C=S) groups is 1. The Bertz CT molecular complexity index is 648. The summed E-state index contributed by atoms with van der Waals surface area (Å²) in [7, 11) is 1.60. The van der Waals surface area contributed by atoms with Crippen LogP contribution in [0.4, 0.5) is 0 Å². The van der Waals surface area contributed by atoms with Crippen LogP contribution >= 0.6 is 44.1 Å². The molecule has 0 aliphatic rings. The van der Waals surface area contributed by atoms with Crippen molar-refractivity contribution in [2.75, 3.05) is 7.11 Å². The summed E-state index contributed by atoms with van der Waals surface area (Å²) in [5.74, 6) is 1.78. The van der Waals surface area contributed by atoms with E-state index < -0.39 is 0 Å². The van der Waals surface area contributed by atoms with E-state index in [2.05, 4.69) is 36.8 Å². The van der Waals surface area contributed by atoms with Crippen LogP contribution in [0.1, 0.15) is 5.56 Å². The maximum absolute atomic E-state index is 5.70. The van der Waals surface area contributed by atoms with Gasteiger partial charge in [0.15, 0.2) is 0 Å². The zero-order chi connectivity index (χ0) is 14.7. The molecule has 0 amide bonds. The molecule has 1 aromatic carbocycles. The minimum Gasteiger partial charge on any atom is -0.496 e. The highest BCUT2D eigenvalue weighted by Gasteiger charge is 2.10. The fourth-order valence-electron chi connectivity index (χ4n) is 1.44. The molecule has 0 aliphatic carbocycles. The third kappa shape index (κ3) is 3.47. The molecule has 104 valence electrons. The fourth-order valence-corrected chi connectivity index (χ4v) is 2.45. The number of rotatable bonds is 4. The Hall–Kier alpha value is -1.18. The number of hydrogen-bond acceptors (Lipinski definition) is 4. The molecule has 4 nitrogen and oxygen atoms in total. The molecule has 2 rings (SSSR count). The van der Waals surface area contributed by atoms with Gasteiger partial charge in [0.25, 0.3) is 0 Å². The van der Waals surface area contributed by atoms with Crippen LogP contribution in [0.3, 0.4) is 0 Å². The van der Waals surface area contributed by atoms with E-state index in [1.54, 1.807) is 31.5 Å². The lowest BCUT2D eigenvalue weighted by atomic mass is 10.3. The normalized spacial score (nSPS) is 10.2. The molecule has 7 heteroatoms. The summed E-state index contributed by atoms with van der Waals surface area (Å²) in [6, 6.07) is 7.07. The number of nitrogens with zero attached hydrogens (tertiary/aromatic N) is 1. The molecule has 0 aliphatic heterocycles. The maximum Gasteiger partial charge on any atom is 0.219 e. The molecule has 2 N–H and O–H groups in total. The molecule has 2 aromatic rings. The van der Waals surface area contributed by atoms with Crippen LogP contribution < -0.4 is 15.2 Å². The summed E-state index contributed by atoms with van der Waals surface area (Å²) in [5, 5.41) is 0. The third-order valence-corrected chi connectivity index (χ3v) is 3.92. The van der Waals surface area contributed by atoms with Crippen molar-refractivity contribution in [2.24, 2.45) is 5.73 Å². The van der Waals surface area contributed by atoms with E-state index in [0.717, 1.165) is 8.95 Å². The number of methoxy groups -OCH3 is 1. The molecule has 0 bridgehead atoms. The van der Waals surface area contributed by atoms with Crippen molar-refractivity contribution >= 4 is 49.1 Å². The van der Waals surface area contributed by atoms with Crippen molar-refractivity contribution in [1.29, 1.82) is 0 Å². The average molecular weight is 418 g/mol. The fraction of sp³-hybridized carbons (Fsp3) is 0.0769. The summed E-state index contributed by atoms with van der Waals surface area (Å²) in [4.78, 5) is 4.45. The van der Waals surface area contributed by atoms with Gasteiger partial charge >= 0.3 is 0 Å². The number of ether oxygens (including phenoxy) is 2. The van der Waals surface area contributed by atoms with Gasteiger partial charge in [0.1, 0.15) is 16.5 Å². The van der Waals surface area contributed by atoms with E-state index in [-0.39, 0.29) is 0 Å². The van der Waals surface area contributed by atoms with E-state index in [4.69, 9.17) is 27.4 Å². The minimum atomic E-state index is 0.303. The quantitative estimate of drug-likeness (QED) is 0.760. The van der Waals surface area contributed by atoms with Crippen molar-refractivity contribution in [3.8, 4) is 17.4 Å². The van der Waals surface area contributed by atoms with Gasteiger partial charge in [0.05, 0.1) is 16.1 Å². The first-order valence-electron chi connectivity index (χ1n) is 5.48. The molecule has 0 atom stereocenters. The topological polar surface area (TPSA) is 57.4 Å². The van der Waals surface area contributed by atoms with Crippen LogP contribution in [0.2, 0.25) is 0 Å². The maximum atomic E-state index is 5.70. The number of hydrogen-bond donors (Lipinski definition) is 1. The third-order valence-electron chi connectivity index (χ3n) is 2.44. The van der Waals surface area contributed by atoms with Gasteiger partial charge in [-0.2, -0.15) is 0 Å². The van der Waals surface area contributed by atoms with E-state index in [0.29, 0.717) is 27.9 Å². The second-order valence-corrected chi connectivity index (χ2v) is 5.92. The van der Waals surface area contributed by atoms with E-state index in [1.807, 2.05) is 6.07 Å². The highest BCUT2D eigenvalue weighted by Crippen LogP contribution is 2.37. The number of halogens is 2. The second-order valence-electron chi connectivity index (χ2n) is 3.77. The van der Waals surface area contributed by atoms with E-state index >= 15 is 0 Å². The standard InChI is InChI=1S/C13H10Br2N2O2S/c1-18-10-4-9(15)11(5-8(10)14)19-12-3-2-7(6-17-12)13(16)20/h2-6H,1H3,(H2,16,20). The van der Waals surface area contributed by atoms with Crippen molar-refractivity contribution < 1.29 is 9.47 Å². The average Bonchev–Trinajstić information content (AvgIpc) is 2.43. The van der Waals surface area contributed by atoms with Gasteiger partial charge in [-0.1, -0.05) is 12.2 Å². The predicted octanol–water partition coefficient (Wildman–Crippen LogP) is 4.04. The van der Waals surface area contributed by atoms with Gasteiger partial charge in [-0.05, 0) is 50.1 Å². The molecule has 0 unspecified atom stereocenters. The van der Waals surface area contributed by atoms with Crippen molar-refractivity contribution in [3.05, 3.63) is 45.0 Å². The van der Waals surface area contributed by atoms with Crippen LogP contribution in [0.25, 0.3) is 0 Å². The lowest BCUT2D eigenvalue weighted by Crippen LogP contribution is -2.09. The van der Waals surface area contributed by atoms with Gasteiger partial charge in [0, 0.05) is 17.8 Å². The van der Waals surface area contributed by atoms with Crippen molar-refractivity contribution in [1.82, 2.24) is 4.98 Å². The minimum absolute atomic E-state index is 0.303. The van der Waals surface area contributed by atoms with Crippen LogP contribution in [-0.4, -0.2) is 17.1 Å². The van der Waals surface area contributed by atoms with Crippen LogP contribution in [0.5, 0.6) is 17.4 Å². The van der Waals surface area contributed by atoms with Crippen molar-refractivity contribution in [3.63, 3.8) is 0 Å². The monoisotopic (exact) mass is 416 g/mol. The summed E-state index contributed by atoms with van der Waals surface area (Å²) < 4.78 is 12.4. The van der Waals surface area contributed by atoms with E-state index in [9.17, 15) is 0 Å². The van der Waals surface area contributed by atoms with Gasteiger partial charge in [0.2, 0.25) is 5.88 Å². The first-order chi connectivity index (χ1) is 9.51. The Morgan fingerprint density at radius 3 is 2.40 bits per heavy atom. The lowest BCUT2D eigenvalue weighted by molar-refractivity contribution is 0.408. The molecule has 0 saturated heterocycles. The highest BCUT2D eigenvalue weighted by atomic mass is 79.9. The first kappa shape index (κ1) is 15.2. The molecule has 0 spiro atoms. The molecular weight excluding hydrogens is 408 g/mol. The Morgan fingerprint density at radius 2 is 1.85 bits per heavy atom. The molecule has 1 heterocycles. The lowest BCUT2D eigenvalue weighted by Gasteiger charge is -2.10. The number of benzene rings is 1. The Morgan fingerprint density at radius 1 is 1.20 bits per heavy atom. The number of aromatic nitrogens is 1. The number of pyridine rings is 1. The molecular formula is C13H10Br2N2O2S. The largest absolute Gasteiger partial charge is 0.496 e. The highest BCUT2D eigenvalue weighted by molar-refractivity contribution is 9.11. The first-order valence-corrected chi connectivity index (χ1v) is 7.47. The molecule has 20 heavy (non-hydrogen) atoms. The van der Waals surface area contributed by atoms with Crippen LogP contribution in [0.15, 0.2) is 39.4 Å². The summed E-state index contributed by atoms with van der Waals surface area (Å²) in [5.41, 5.74) is 6.21. The van der Waals surface area contributed by atoms with Crippen molar-refractivity contribution in [2.45, 2.75) is 0 Å². The van der Waals surface area contributed by atoms with Gasteiger partial charge in [-0.3, -0.25) is 0 Å². The molecule has 0 saturated carbocycles. The number of nitrogens with two attached hydrogens (primary N) is 1. The Labute approximate surface area is 138 Å². The predicted molar refractivity (Wildman–Crippen MR) is 88.6 cm³/mol. The van der Waals surface area contributed by atoms with Gasteiger partial charge in [-0.25, -0.2) is 4.98 Å². The molecule has 1 aromatic heterocycles. The van der Waals surface area contributed by atoms with Crippen LogP contribution in [-0.2, 0) is 0 Å².